The number of dihydropyridines is 2. The van der Waals surface area contributed by atoms with E-state index < -0.39 is 59.0 Å². The maximum Gasteiger partial charge on any atom is 0.279 e. The highest BCUT2D eigenvalue weighted by atomic mass is 35.5. The number of carbonyl (C=O) groups excluding carboxylic acids is 11. The number of hydrogen-bond acceptors (Lipinski definition) is 21. The number of amides is 5. The van der Waals surface area contributed by atoms with Crippen molar-refractivity contribution in [2.24, 2.45) is 31.9 Å². The Labute approximate surface area is 565 Å². The lowest BCUT2D eigenvalue weighted by Gasteiger charge is -2.23. The number of nitrogen functional groups attached to an aromatic ring is 1. The molecule has 4 aromatic rings. The number of halogens is 6. The van der Waals surface area contributed by atoms with E-state index in [0.29, 0.717) is 28.0 Å². The number of anilines is 2. The molecule has 3 aromatic carbocycles. The number of aliphatic imine (C=N–C) groups is 3. The van der Waals surface area contributed by atoms with E-state index in [4.69, 9.17) is 89.5 Å². The summed E-state index contributed by atoms with van der Waals surface area (Å²) in [6.45, 7) is 17.3. The fraction of sp³-hybridized carbons (Fsp3) is 0.339. The molecule has 5 amide bonds. The second kappa shape index (κ2) is 36.6. The molecule has 3 aliphatic heterocycles. The zero-order valence-corrected chi connectivity index (χ0v) is 55.2. The fourth-order valence-corrected chi connectivity index (χ4v) is 9.46. The van der Waals surface area contributed by atoms with Crippen molar-refractivity contribution in [1.82, 2.24) is 20.8 Å². The number of Topliss-reactive ketones (excluding diaryl/α,β-unsaturated/α-hetero) is 6. The number of nitrogens with zero attached hydrogens (tertiary/aromatic N) is 6. The molecule has 0 unspecified atom stereocenters. The number of nitrogens with one attached hydrogen (secondary N) is 3. The molecule has 4 heterocycles. The van der Waals surface area contributed by atoms with Crippen molar-refractivity contribution in [1.29, 1.82) is 0 Å². The normalized spacial score (nSPS) is 13.5. The number of rotatable bonds is 15. The predicted molar refractivity (Wildman–Crippen MR) is 358 cm³/mol. The number of aromatic nitrogens is 2. The van der Waals surface area contributed by atoms with Gasteiger partial charge in [-0.1, -0.05) is 126 Å². The molecule has 0 aliphatic carbocycles. The standard InChI is InChI=1S/C21H21Cl2N3O5.C20H17Cl2N3O5.C13H13Cl2N3O2.C6H9NO3.2CH4/c1-10(2)14-7-18(24-9-17(14)29)31-20-15(22)5-13(6-16(20)23)8-25-19(11(3)27)21(30)26-12(4)28;1-9(2)12-6-17(23-8-16(12)28)30-20-13(21)4-11(5-14(20)22)25-18(29)7-15(27)19(24-25)10(3)26;1-6(2)8-5-11(17-18-13(8)19)20-12-9(14)3-7(16)4-10(12)15;1-4(8)3-6(10)7-5(2)9;;/h5-7,10H,8-9H2,1-4H3,(H,26,28,30);4-6,9H,7-8H2,1-3H3;3-6H,16H2,1-2H3,(H,18,19);3H2,1-2H3,(H,7,9,10);2*1H4. The highest BCUT2D eigenvalue weighted by Crippen LogP contribution is 2.40. The van der Waals surface area contributed by atoms with E-state index in [1.807, 2.05) is 52.2 Å². The van der Waals surface area contributed by atoms with Gasteiger partial charge in [0.15, 0.2) is 57.6 Å². The Balaban J connectivity index is 0.000000445. The first-order valence-corrected chi connectivity index (χ1v) is 29.3. The van der Waals surface area contributed by atoms with Crippen molar-refractivity contribution in [3.63, 3.8) is 0 Å². The second-order valence-corrected chi connectivity index (χ2v) is 23.0. The fourth-order valence-electron chi connectivity index (χ4n) is 7.72. The maximum atomic E-state index is 12.2. The number of benzene rings is 3. The van der Waals surface area contributed by atoms with Gasteiger partial charge in [-0.15, -0.1) is 5.10 Å². The number of carbonyl (C=O) groups is 11. The van der Waals surface area contributed by atoms with E-state index in [2.05, 4.69) is 30.3 Å². The Morgan fingerprint density at radius 1 is 0.624 bits per heavy atom. The van der Waals surface area contributed by atoms with Crippen molar-refractivity contribution in [3.8, 4) is 23.1 Å². The van der Waals surface area contributed by atoms with Crippen LogP contribution in [-0.2, 0) is 59.3 Å². The Hall–Kier alpha value is -8.59. The molecule has 0 fully saturated rings. The molecule has 0 spiro atoms. The first-order valence-electron chi connectivity index (χ1n) is 27.0. The molecule has 93 heavy (non-hydrogen) atoms. The zero-order valence-electron chi connectivity index (χ0n) is 50.6. The predicted octanol–water partition coefficient (Wildman–Crippen LogP) is 10.8. The molecule has 0 radical (unpaired) electrons. The van der Waals surface area contributed by atoms with Crippen LogP contribution in [0.1, 0.15) is 121 Å². The number of ketones is 6. The zero-order chi connectivity index (χ0) is 68.5. The smallest absolute Gasteiger partial charge is 0.279 e. The quantitative estimate of drug-likeness (QED) is 0.0488. The summed E-state index contributed by atoms with van der Waals surface area (Å²) in [5, 5.41) is 15.9. The van der Waals surface area contributed by atoms with Gasteiger partial charge >= 0.3 is 0 Å². The summed E-state index contributed by atoms with van der Waals surface area (Å²) in [5.41, 5.74) is 7.52. The van der Waals surface area contributed by atoms with Gasteiger partial charge in [0.2, 0.25) is 35.4 Å². The Kier molecular flexibility index (Phi) is 31.7. The molecule has 31 heteroatoms. The SMILES string of the molecule is C.C.CC(=O)C1=NN(c2cc(Cl)c(OC3=NCC(=O)C(C(C)C)=C3)c(Cl)c2)C(=O)CC1=O.CC(=O)CC(=O)NC(C)=O.CC(=O)NC(=O)C(=NCc1cc(Cl)c(OC2=NCC(=O)C(C(C)C)=C2)c(Cl)c1)C(C)=O.CC(C)c1cc(Oc2c(Cl)cc(N)cc2Cl)n[nH]c1=O. The van der Waals surface area contributed by atoms with Crippen LogP contribution in [0.25, 0.3) is 0 Å². The largest absolute Gasteiger partial charge is 0.436 e. The lowest BCUT2D eigenvalue weighted by molar-refractivity contribution is -0.132. The van der Waals surface area contributed by atoms with E-state index in [1.54, 1.807) is 18.2 Å². The third-order valence-electron chi connectivity index (χ3n) is 11.9. The number of aromatic amines is 1. The molecule has 25 nitrogen and oxygen atoms in total. The third-order valence-corrected chi connectivity index (χ3v) is 13.6. The summed E-state index contributed by atoms with van der Waals surface area (Å²) in [6, 6.07) is 10.4. The van der Waals surface area contributed by atoms with Gasteiger partial charge in [-0.3, -0.25) is 73.2 Å². The minimum absolute atomic E-state index is 0. The molecule has 5 N–H and O–H groups in total. The Morgan fingerprint density at radius 3 is 1.49 bits per heavy atom. The van der Waals surface area contributed by atoms with Crippen molar-refractivity contribution in [3.05, 3.63) is 117 Å². The number of imide groups is 2. The topological polar surface area (TPSA) is 364 Å². The molecule has 3 aliphatic rings. The van der Waals surface area contributed by atoms with E-state index in [-0.39, 0.29) is 158 Å². The first kappa shape index (κ1) is 80.5. The van der Waals surface area contributed by atoms with Gasteiger partial charge < -0.3 is 19.9 Å². The number of nitrogens with two attached hydrogens (primary N) is 1. The lowest BCUT2D eigenvalue weighted by atomic mass is 9.97. The van der Waals surface area contributed by atoms with Gasteiger partial charge in [0.1, 0.15) is 18.9 Å². The van der Waals surface area contributed by atoms with Gasteiger partial charge in [-0.2, -0.15) is 10.1 Å². The summed E-state index contributed by atoms with van der Waals surface area (Å²) >= 11 is 37.3. The molecular formula is C62H68Cl6N10O15. The summed E-state index contributed by atoms with van der Waals surface area (Å²) in [4.78, 5) is 149. The summed E-state index contributed by atoms with van der Waals surface area (Å²) < 4.78 is 17.0. The van der Waals surface area contributed by atoms with Crippen molar-refractivity contribution in [2.75, 3.05) is 23.8 Å². The van der Waals surface area contributed by atoms with E-state index in [1.165, 1.54) is 64.1 Å². The molecule has 0 bridgehead atoms. The van der Waals surface area contributed by atoms with Crippen molar-refractivity contribution >= 4 is 168 Å². The summed E-state index contributed by atoms with van der Waals surface area (Å²) in [5.74, 6) is -4.09. The van der Waals surface area contributed by atoms with Gasteiger partial charge in [0.25, 0.3) is 17.4 Å². The van der Waals surface area contributed by atoms with Crippen LogP contribution in [-0.4, -0.2) is 111 Å². The van der Waals surface area contributed by atoms with Crippen LogP contribution < -0.4 is 41.1 Å². The molecule has 7 rings (SSSR count). The monoisotopic (exact) mass is 1400 g/mol. The van der Waals surface area contributed by atoms with Gasteiger partial charge in [0.05, 0.1) is 55.2 Å². The summed E-state index contributed by atoms with van der Waals surface area (Å²) in [6.07, 6.45) is 2.40. The molecule has 0 saturated heterocycles. The summed E-state index contributed by atoms with van der Waals surface area (Å²) in [7, 11) is 0. The first-order chi connectivity index (χ1) is 42.5. The Bertz CT molecular complexity index is 3820. The van der Waals surface area contributed by atoms with Crippen LogP contribution in [0.5, 0.6) is 23.1 Å². The Morgan fingerprint density at radius 2 is 1.08 bits per heavy atom. The van der Waals surface area contributed by atoms with Crippen molar-refractivity contribution < 1.29 is 67.0 Å². The van der Waals surface area contributed by atoms with Crippen LogP contribution >= 0.6 is 69.6 Å². The number of ether oxygens (including phenoxy) is 3. The highest BCUT2D eigenvalue weighted by molar-refractivity contribution is 6.68. The van der Waals surface area contributed by atoms with Crippen molar-refractivity contribution in [2.45, 2.75) is 116 Å². The van der Waals surface area contributed by atoms with Gasteiger partial charge in [-0.25, -0.2) is 15.1 Å². The molecule has 0 saturated carbocycles. The second-order valence-electron chi connectivity index (χ2n) is 20.6. The van der Waals surface area contributed by atoms with Crippen LogP contribution in [0.15, 0.2) is 90.6 Å². The number of hydrazone groups is 1. The van der Waals surface area contributed by atoms with Crippen LogP contribution in [0.4, 0.5) is 11.4 Å². The average Bonchev–Trinajstić information content (AvgIpc) is 0.817. The third kappa shape index (κ3) is 24.1. The van der Waals surface area contributed by atoms with Gasteiger partial charge in [-0.05, 0) is 66.6 Å². The average molecular weight is 1410 g/mol. The molecule has 1 aromatic heterocycles. The van der Waals surface area contributed by atoms with E-state index in [0.717, 1.165) is 11.9 Å². The van der Waals surface area contributed by atoms with Crippen LogP contribution in [0, 0.1) is 11.8 Å². The number of H-pyrrole nitrogens is 1. The van der Waals surface area contributed by atoms with E-state index in [9.17, 15) is 57.5 Å². The van der Waals surface area contributed by atoms with Gasteiger partial charge in [0, 0.05) is 68.3 Å². The van der Waals surface area contributed by atoms with Crippen LogP contribution in [0.3, 0.4) is 0 Å². The molecule has 0 atom stereocenters. The van der Waals surface area contributed by atoms with Crippen LogP contribution in [0.2, 0.25) is 30.1 Å². The van der Waals surface area contributed by atoms with E-state index >= 15 is 0 Å². The maximum absolute atomic E-state index is 12.2. The molecular weight excluding hydrogens is 1340 g/mol. The minimum Gasteiger partial charge on any atom is -0.436 e. The molecule has 498 valence electrons. The minimum atomic E-state index is -0.880. The lowest BCUT2D eigenvalue weighted by Crippen LogP contribution is -2.39. The highest BCUT2D eigenvalue weighted by Gasteiger charge is 2.32. The number of hydrogen-bond donors (Lipinski definition) is 4.